The summed E-state index contributed by atoms with van der Waals surface area (Å²) in [6, 6.07) is 6.41. The summed E-state index contributed by atoms with van der Waals surface area (Å²) in [5, 5.41) is 3.58. The van der Waals surface area contributed by atoms with Gasteiger partial charge in [-0.1, -0.05) is 12.8 Å². The van der Waals surface area contributed by atoms with Crippen LogP contribution in [0.25, 0.3) is 0 Å². The Morgan fingerprint density at radius 2 is 1.90 bits per heavy atom. The Morgan fingerprint density at radius 3 is 2.70 bits per heavy atom. The second-order valence-corrected chi connectivity index (χ2v) is 6.07. The Bertz CT molecular complexity index is 487. The number of methoxy groups -OCH3 is 1. The molecule has 1 fully saturated rings. The van der Waals surface area contributed by atoms with Crippen molar-refractivity contribution in [3.05, 3.63) is 18.2 Å². The molecule has 1 N–H and O–H groups in total. The van der Waals surface area contributed by atoms with Crippen LogP contribution in [0, 0.1) is 0 Å². The monoisotopic (exact) mass is 277 g/mol. The summed E-state index contributed by atoms with van der Waals surface area (Å²) in [5.41, 5.74) is 1.07. The van der Waals surface area contributed by atoms with E-state index in [0.29, 0.717) is 12.1 Å². The molecule has 4 heteroatoms. The van der Waals surface area contributed by atoms with Crippen molar-refractivity contribution < 1.29 is 14.2 Å². The Hall–Kier alpha value is -1.42. The van der Waals surface area contributed by atoms with Gasteiger partial charge in [-0.15, -0.1) is 0 Å². The van der Waals surface area contributed by atoms with E-state index in [1.54, 1.807) is 7.11 Å². The Labute approximate surface area is 120 Å². The molecule has 1 aromatic rings. The van der Waals surface area contributed by atoms with Crippen LogP contribution in [0.2, 0.25) is 0 Å². The van der Waals surface area contributed by atoms with Crippen molar-refractivity contribution in [3.8, 4) is 11.5 Å². The molecule has 1 heterocycles. The minimum Gasteiger partial charge on any atom is -0.449 e. The van der Waals surface area contributed by atoms with Crippen LogP contribution in [0.4, 0.5) is 5.69 Å². The summed E-state index contributed by atoms with van der Waals surface area (Å²) in [6.45, 7) is 3.84. The number of rotatable bonds is 3. The summed E-state index contributed by atoms with van der Waals surface area (Å²) >= 11 is 0. The Kier molecular flexibility index (Phi) is 3.50. The first-order valence-electron chi connectivity index (χ1n) is 7.39. The van der Waals surface area contributed by atoms with Crippen LogP contribution in [0.5, 0.6) is 11.5 Å². The van der Waals surface area contributed by atoms with Gasteiger partial charge in [-0.25, -0.2) is 0 Å². The molecule has 2 unspecified atom stereocenters. The molecule has 20 heavy (non-hydrogen) atoms. The van der Waals surface area contributed by atoms with Gasteiger partial charge in [0, 0.05) is 32.7 Å². The molecule has 0 radical (unpaired) electrons. The van der Waals surface area contributed by atoms with Gasteiger partial charge in [0.2, 0.25) is 5.79 Å². The zero-order valence-corrected chi connectivity index (χ0v) is 12.4. The van der Waals surface area contributed by atoms with E-state index in [1.807, 2.05) is 32.0 Å². The number of ether oxygens (including phenoxy) is 3. The third-order valence-corrected chi connectivity index (χ3v) is 4.01. The molecule has 1 aliphatic carbocycles. The van der Waals surface area contributed by atoms with Crippen LogP contribution in [0.1, 0.15) is 39.5 Å². The lowest BCUT2D eigenvalue weighted by atomic mass is 9.92. The zero-order valence-electron chi connectivity index (χ0n) is 12.4. The van der Waals surface area contributed by atoms with Crippen LogP contribution in [0.15, 0.2) is 18.2 Å². The summed E-state index contributed by atoms with van der Waals surface area (Å²) in [7, 11) is 1.80. The quantitative estimate of drug-likeness (QED) is 0.917. The van der Waals surface area contributed by atoms with E-state index in [0.717, 1.165) is 30.0 Å². The minimum atomic E-state index is -0.569. The molecular formula is C16H23NO3. The third-order valence-electron chi connectivity index (χ3n) is 4.01. The van der Waals surface area contributed by atoms with Crippen LogP contribution < -0.4 is 14.8 Å². The number of nitrogens with one attached hydrogen (secondary N) is 1. The molecule has 2 aliphatic rings. The first-order chi connectivity index (χ1) is 9.57. The summed E-state index contributed by atoms with van der Waals surface area (Å²) in [5.74, 6) is 1.05. The molecule has 3 rings (SSSR count). The summed E-state index contributed by atoms with van der Waals surface area (Å²) < 4.78 is 17.1. The van der Waals surface area contributed by atoms with Gasteiger partial charge in [-0.2, -0.15) is 0 Å². The van der Waals surface area contributed by atoms with Crippen LogP contribution in [-0.2, 0) is 4.74 Å². The largest absolute Gasteiger partial charge is 0.449 e. The lowest BCUT2D eigenvalue weighted by molar-refractivity contribution is -0.0431. The van der Waals surface area contributed by atoms with Crippen molar-refractivity contribution in [2.45, 2.75) is 57.5 Å². The lowest BCUT2D eigenvalue weighted by Crippen LogP contribution is -2.37. The Balaban J connectivity index is 1.73. The highest BCUT2D eigenvalue weighted by Gasteiger charge is 2.32. The maximum absolute atomic E-state index is 5.78. The molecule has 0 amide bonds. The van der Waals surface area contributed by atoms with Crippen molar-refractivity contribution in [2.24, 2.45) is 0 Å². The molecule has 4 nitrogen and oxygen atoms in total. The average molecular weight is 277 g/mol. The van der Waals surface area contributed by atoms with Crippen molar-refractivity contribution >= 4 is 5.69 Å². The van der Waals surface area contributed by atoms with E-state index in [4.69, 9.17) is 14.2 Å². The lowest BCUT2D eigenvalue weighted by Gasteiger charge is -2.31. The third kappa shape index (κ3) is 2.70. The summed E-state index contributed by atoms with van der Waals surface area (Å²) in [6.07, 6.45) is 5.09. The molecule has 1 aromatic carbocycles. The minimum absolute atomic E-state index is 0.297. The van der Waals surface area contributed by atoms with E-state index in [2.05, 4.69) is 5.32 Å². The fourth-order valence-corrected chi connectivity index (χ4v) is 3.07. The van der Waals surface area contributed by atoms with E-state index in [9.17, 15) is 0 Å². The van der Waals surface area contributed by atoms with Crippen molar-refractivity contribution in [3.63, 3.8) is 0 Å². The second-order valence-electron chi connectivity index (χ2n) is 6.07. The maximum atomic E-state index is 5.78. The topological polar surface area (TPSA) is 39.7 Å². The number of benzene rings is 1. The first kappa shape index (κ1) is 13.6. The zero-order chi connectivity index (χ0) is 14.2. The molecular weight excluding hydrogens is 254 g/mol. The van der Waals surface area contributed by atoms with Gasteiger partial charge >= 0.3 is 0 Å². The molecule has 110 valence electrons. The van der Waals surface area contributed by atoms with Gasteiger partial charge in [0.1, 0.15) is 0 Å². The standard InChI is InChI=1S/C16H23NO3/c1-16(2)19-14-9-8-11(10-15(14)20-16)17-12-6-4-5-7-13(12)18-3/h8-10,12-13,17H,4-7H2,1-3H3. The van der Waals surface area contributed by atoms with Gasteiger partial charge in [-0.3, -0.25) is 0 Å². The molecule has 0 aromatic heterocycles. The molecule has 0 bridgehead atoms. The van der Waals surface area contributed by atoms with Gasteiger partial charge in [-0.05, 0) is 25.0 Å². The highest BCUT2D eigenvalue weighted by molar-refractivity contribution is 5.56. The van der Waals surface area contributed by atoms with Gasteiger partial charge in [0.05, 0.1) is 12.1 Å². The fraction of sp³-hybridized carbons (Fsp3) is 0.625. The fourth-order valence-electron chi connectivity index (χ4n) is 3.07. The molecule has 0 spiro atoms. The Morgan fingerprint density at radius 1 is 1.15 bits per heavy atom. The van der Waals surface area contributed by atoms with Crippen LogP contribution >= 0.6 is 0 Å². The molecule has 1 aliphatic heterocycles. The predicted molar refractivity (Wildman–Crippen MR) is 78.5 cm³/mol. The normalized spacial score (nSPS) is 27.4. The maximum Gasteiger partial charge on any atom is 0.246 e. The van der Waals surface area contributed by atoms with E-state index in [-0.39, 0.29) is 0 Å². The van der Waals surface area contributed by atoms with Gasteiger partial charge < -0.3 is 19.5 Å². The van der Waals surface area contributed by atoms with Gasteiger partial charge in [0.25, 0.3) is 0 Å². The predicted octanol–water partition coefficient (Wildman–Crippen LogP) is 3.56. The van der Waals surface area contributed by atoms with E-state index >= 15 is 0 Å². The van der Waals surface area contributed by atoms with Crippen molar-refractivity contribution in [1.82, 2.24) is 0 Å². The molecule has 2 atom stereocenters. The highest BCUT2D eigenvalue weighted by atomic mass is 16.7. The van der Waals surface area contributed by atoms with E-state index in [1.165, 1.54) is 12.8 Å². The summed E-state index contributed by atoms with van der Waals surface area (Å²) in [4.78, 5) is 0. The smallest absolute Gasteiger partial charge is 0.246 e. The average Bonchev–Trinajstić information content (AvgIpc) is 2.72. The molecule has 0 saturated heterocycles. The van der Waals surface area contributed by atoms with Crippen molar-refractivity contribution in [2.75, 3.05) is 12.4 Å². The van der Waals surface area contributed by atoms with E-state index < -0.39 is 5.79 Å². The number of fused-ring (bicyclic) bond motifs is 1. The van der Waals surface area contributed by atoms with Crippen LogP contribution in [-0.4, -0.2) is 25.0 Å². The number of hydrogen-bond acceptors (Lipinski definition) is 4. The first-order valence-corrected chi connectivity index (χ1v) is 7.39. The highest BCUT2D eigenvalue weighted by Crippen LogP contribution is 2.41. The van der Waals surface area contributed by atoms with Crippen molar-refractivity contribution in [1.29, 1.82) is 0 Å². The van der Waals surface area contributed by atoms with Gasteiger partial charge in [0.15, 0.2) is 11.5 Å². The SMILES string of the molecule is COC1CCCCC1Nc1ccc2c(c1)OC(C)(C)O2. The van der Waals surface area contributed by atoms with Crippen LogP contribution in [0.3, 0.4) is 0 Å². The number of anilines is 1. The molecule has 1 saturated carbocycles. The number of hydrogen-bond donors (Lipinski definition) is 1. The second kappa shape index (κ2) is 5.17.